The van der Waals surface area contributed by atoms with E-state index < -0.39 is 0 Å². The Labute approximate surface area is 151 Å². The third kappa shape index (κ3) is 3.23. The number of likely N-dealkylation sites (N-methyl/N-ethyl adjacent to an activating group) is 1. The van der Waals surface area contributed by atoms with Gasteiger partial charge in [-0.15, -0.1) is 0 Å². The van der Waals surface area contributed by atoms with Crippen molar-refractivity contribution in [2.75, 3.05) is 13.6 Å². The Morgan fingerprint density at radius 2 is 1.77 bits per heavy atom. The fourth-order valence-corrected chi connectivity index (χ4v) is 3.35. The summed E-state index contributed by atoms with van der Waals surface area (Å²) in [4.78, 5) is 35.7. The lowest BCUT2D eigenvalue weighted by molar-refractivity contribution is -0.131. The first-order chi connectivity index (χ1) is 12.6. The van der Waals surface area contributed by atoms with Gasteiger partial charge in [0.2, 0.25) is 5.91 Å². The number of benzene rings is 2. The number of nitrogens with zero attached hydrogens (tertiary/aromatic N) is 3. The van der Waals surface area contributed by atoms with Gasteiger partial charge in [-0.05, 0) is 23.3 Å². The minimum atomic E-state index is -0.179. The Morgan fingerprint density at radius 3 is 2.50 bits per heavy atom. The van der Waals surface area contributed by atoms with Crippen molar-refractivity contribution < 1.29 is 4.79 Å². The first kappa shape index (κ1) is 16.5. The highest BCUT2D eigenvalue weighted by Gasteiger charge is 2.22. The second kappa shape index (κ2) is 6.72. The van der Waals surface area contributed by atoms with E-state index in [9.17, 15) is 9.59 Å². The molecular weight excluding hydrogens is 328 g/mol. The van der Waals surface area contributed by atoms with Crippen molar-refractivity contribution in [2.45, 2.75) is 19.6 Å². The summed E-state index contributed by atoms with van der Waals surface area (Å²) in [6.45, 7) is 2.21. The molecular formula is C20H20N4O2. The normalized spacial score (nSPS) is 13.7. The third-order valence-corrected chi connectivity index (χ3v) is 4.74. The molecule has 0 saturated heterocycles. The van der Waals surface area contributed by atoms with Gasteiger partial charge in [-0.25, -0.2) is 4.98 Å². The van der Waals surface area contributed by atoms with Crippen LogP contribution >= 0.6 is 0 Å². The van der Waals surface area contributed by atoms with Gasteiger partial charge in [0.25, 0.3) is 5.56 Å². The van der Waals surface area contributed by atoms with Crippen LogP contribution in [-0.2, 0) is 24.4 Å². The molecule has 0 atom stereocenters. The number of rotatable bonds is 4. The zero-order valence-electron chi connectivity index (χ0n) is 14.6. The summed E-state index contributed by atoms with van der Waals surface area (Å²) in [5, 5.41) is 0.556. The maximum atomic E-state index is 12.6. The number of fused-ring (bicyclic) bond motifs is 2. The van der Waals surface area contributed by atoms with E-state index in [1.807, 2.05) is 24.3 Å². The van der Waals surface area contributed by atoms with Crippen LogP contribution in [0.1, 0.15) is 17.0 Å². The molecule has 6 nitrogen and oxygen atoms in total. The SMILES string of the molecule is CN(Cc1nc2ccccc2c(=O)[nH]1)C(=O)CN1Cc2ccccc2C1. The van der Waals surface area contributed by atoms with Crippen LogP contribution in [0, 0.1) is 0 Å². The van der Waals surface area contributed by atoms with Crippen molar-refractivity contribution in [1.29, 1.82) is 0 Å². The molecule has 1 aliphatic heterocycles. The lowest BCUT2D eigenvalue weighted by Gasteiger charge is -2.21. The van der Waals surface area contributed by atoms with Crippen molar-refractivity contribution in [3.05, 3.63) is 75.8 Å². The van der Waals surface area contributed by atoms with Crippen molar-refractivity contribution >= 4 is 16.8 Å². The van der Waals surface area contributed by atoms with Gasteiger partial charge in [0.05, 0.1) is 24.0 Å². The van der Waals surface area contributed by atoms with Crippen LogP contribution in [0.15, 0.2) is 53.3 Å². The van der Waals surface area contributed by atoms with Gasteiger partial charge >= 0.3 is 0 Å². The minimum Gasteiger partial charge on any atom is -0.337 e. The average molecular weight is 348 g/mol. The molecule has 2 heterocycles. The molecule has 4 rings (SSSR count). The number of carbonyl (C=O) groups excluding carboxylic acids is 1. The van der Waals surface area contributed by atoms with Gasteiger partial charge in [0.1, 0.15) is 5.82 Å². The summed E-state index contributed by atoms with van der Waals surface area (Å²) in [6, 6.07) is 15.5. The second-order valence-corrected chi connectivity index (χ2v) is 6.69. The van der Waals surface area contributed by atoms with E-state index in [0.717, 1.165) is 13.1 Å². The molecule has 0 saturated carbocycles. The number of hydrogen-bond acceptors (Lipinski definition) is 4. The van der Waals surface area contributed by atoms with E-state index in [1.165, 1.54) is 11.1 Å². The van der Waals surface area contributed by atoms with Crippen LogP contribution in [-0.4, -0.2) is 39.3 Å². The van der Waals surface area contributed by atoms with Crippen LogP contribution in [0.25, 0.3) is 10.9 Å². The van der Waals surface area contributed by atoms with E-state index >= 15 is 0 Å². The monoisotopic (exact) mass is 348 g/mol. The standard InChI is InChI=1S/C20H20N4O2/c1-23(12-18-21-17-9-5-4-8-16(17)20(26)22-18)19(25)13-24-10-14-6-2-3-7-15(14)11-24/h2-9H,10-13H2,1H3,(H,21,22,26). The number of carbonyl (C=O) groups is 1. The summed E-state index contributed by atoms with van der Waals surface area (Å²) in [7, 11) is 1.74. The Kier molecular flexibility index (Phi) is 4.26. The van der Waals surface area contributed by atoms with E-state index in [1.54, 1.807) is 24.1 Å². The van der Waals surface area contributed by atoms with Gasteiger partial charge in [-0.1, -0.05) is 36.4 Å². The zero-order valence-corrected chi connectivity index (χ0v) is 14.6. The molecule has 1 aliphatic rings. The van der Waals surface area contributed by atoms with E-state index in [-0.39, 0.29) is 18.0 Å². The molecule has 2 aromatic carbocycles. The highest BCUT2D eigenvalue weighted by Crippen LogP contribution is 2.21. The van der Waals surface area contributed by atoms with Crippen LogP contribution in [0.2, 0.25) is 0 Å². The van der Waals surface area contributed by atoms with Gasteiger partial charge in [-0.3, -0.25) is 14.5 Å². The van der Waals surface area contributed by atoms with Crippen LogP contribution in [0.4, 0.5) is 0 Å². The molecule has 0 spiro atoms. The summed E-state index contributed by atoms with van der Waals surface area (Å²) in [6.07, 6.45) is 0. The Bertz CT molecular complexity index is 1000. The molecule has 0 radical (unpaired) electrons. The fraction of sp³-hybridized carbons (Fsp3) is 0.250. The maximum absolute atomic E-state index is 12.6. The summed E-state index contributed by atoms with van der Waals surface area (Å²) in [5.41, 5.74) is 3.02. The first-order valence-corrected chi connectivity index (χ1v) is 8.61. The molecule has 132 valence electrons. The number of aromatic nitrogens is 2. The van der Waals surface area contributed by atoms with Crippen LogP contribution in [0.5, 0.6) is 0 Å². The lowest BCUT2D eigenvalue weighted by Crippen LogP contribution is -2.36. The van der Waals surface area contributed by atoms with Gasteiger partial charge in [0.15, 0.2) is 0 Å². The molecule has 3 aromatic rings. The largest absolute Gasteiger partial charge is 0.337 e. The molecule has 0 aliphatic carbocycles. The molecule has 1 aromatic heterocycles. The Balaban J connectivity index is 1.43. The lowest BCUT2D eigenvalue weighted by atomic mass is 10.1. The summed E-state index contributed by atoms with van der Waals surface area (Å²) < 4.78 is 0. The number of H-pyrrole nitrogens is 1. The Hall–Kier alpha value is -2.99. The summed E-state index contributed by atoms with van der Waals surface area (Å²) >= 11 is 0. The number of nitrogens with one attached hydrogen (secondary N) is 1. The highest BCUT2D eigenvalue weighted by atomic mass is 16.2. The average Bonchev–Trinajstić information content (AvgIpc) is 3.04. The topological polar surface area (TPSA) is 69.3 Å². The van der Waals surface area contributed by atoms with Crippen molar-refractivity contribution in [1.82, 2.24) is 19.8 Å². The molecule has 0 fully saturated rings. The highest BCUT2D eigenvalue weighted by molar-refractivity contribution is 5.78. The Morgan fingerprint density at radius 1 is 1.12 bits per heavy atom. The first-order valence-electron chi connectivity index (χ1n) is 8.61. The zero-order chi connectivity index (χ0) is 18.1. The van der Waals surface area contributed by atoms with E-state index in [4.69, 9.17) is 0 Å². The predicted molar refractivity (Wildman–Crippen MR) is 99.4 cm³/mol. The predicted octanol–water partition coefficient (Wildman–Crippen LogP) is 1.90. The molecule has 6 heteroatoms. The fourth-order valence-electron chi connectivity index (χ4n) is 3.35. The third-order valence-electron chi connectivity index (χ3n) is 4.74. The number of aromatic amines is 1. The van der Waals surface area contributed by atoms with Crippen molar-refractivity contribution in [2.24, 2.45) is 0 Å². The molecule has 26 heavy (non-hydrogen) atoms. The van der Waals surface area contributed by atoms with Crippen LogP contribution < -0.4 is 5.56 Å². The van der Waals surface area contributed by atoms with E-state index in [2.05, 4.69) is 27.0 Å². The van der Waals surface area contributed by atoms with Crippen molar-refractivity contribution in [3.8, 4) is 0 Å². The van der Waals surface area contributed by atoms with Gasteiger partial charge in [-0.2, -0.15) is 0 Å². The molecule has 1 amide bonds. The molecule has 0 bridgehead atoms. The maximum Gasteiger partial charge on any atom is 0.258 e. The summed E-state index contributed by atoms with van der Waals surface area (Å²) in [5.74, 6) is 0.503. The van der Waals surface area contributed by atoms with Crippen LogP contribution in [0.3, 0.4) is 0 Å². The second-order valence-electron chi connectivity index (χ2n) is 6.69. The number of para-hydroxylation sites is 1. The smallest absolute Gasteiger partial charge is 0.258 e. The quantitative estimate of drug-likeness (QED) is 0.782. The number of hydrogen-bond donors (Lipinski definition) is 1. The van der Waals surface area contributed by atoms with Gasteiger partial charge in [0, 0.05) is 20.1 Å². The minimum absolute atomic E-state index is 0.00798. The number of amides is 1. The van der Waals surface area contributed by atoms with Crippen molar-refractivity contribution in [3.63, 3.8) is 0 Å². The molecule has 0 unspecified atom stereocenters. The molecule has 1 N–H and O–H groups in total. The van der Waals surface area contributed by atoms with E-state index in [0.29, 0.717) is 23.3 Å². The van der Waals surface area contributed by atoms with Gasteiger partial charge < -0.3 is 9.88 Å².